The second kappa shape index (κ2) is 3.73. The minimum atomic E-state index is 0.0166. The lowest BCUT2D eigenvalue weighted by Gasteiger charge is -2.09. The molecule has 0 saturated carbocycles. The first kappa shape index (κ1) is 10.3. The van der Waals surface area contributed by atoms with Crippen molar-refractivity contribution in [3.8, 4) is 0 Å². The maximum absolute atomic E-state index is 11.5. The molecule has 1 aromatic rings. The van der Waals surface area contributed by atoms with Gasteiger partial charge in [-0.3, -0.25) is 14.5 Å². The predicted molar refractivity (Wildman–Crippen MR) is 58.4 cm³/mol. The summed E-state index contributed by atoms with van der Waals surface area (Å²) in [6.07, 6.45) is 1.47. The van der Waals surface area contributed by atoms with Gasteiger partial charge in [-0.1, -0.05) is 11.3 Å². The Balaban J connectivity index is 2.33. The van der Waals surface area contributed by atoms with E-state index in [2.05, 4.69) is 4.98 Å². The molecule has 2 heterocycles. The summed E-state index contributed by atoms with van der Waals surface area (Å²) < 4.78 is 0. The van der Waals surface area contributed by atoms with Crippen molar-refractivity contribution >= 4 is 28.2 Å². The molecule has 1 saturated heterocycles. The first-order valence-corrected chi connectivity index (χ1v) is 5.70. The van der Waals surface area contributed by atoms with Crippen LogP contribution in [0, 0.1) is 6.92 Å². The van der Waals surface area contributed by atoms with Gasteiger partial charge in [0, 0.05) is 19.9 Å². The number of aromatic nitrogens is 1. The Bertz CT molecular complexity index is 425. The summed E-state index contributed by atoms with van der Waals surface area (Å²) in [7, 11) is 0. The molecule has 0 radical (unpaired) electrons. The van der Waals surface area contributed by atoms with Crippen molar-refractivity contribution in [1.29, 1.82) is 0 Å². The van der Waals surface area contributed by atoms with Crippen LogP contribution in [0.25, 0.3) is 0 Å². The Labute approximate surface area is 91.9 Å². The van der Waals surface area contributed by atoms with Crippen LogP contribution in [-0.2, 0) is 4.79 Å². The number of Topliss-reactive ketones (excluding diaryl/α,β-unsaturated/α-hetero) is 1. The quantitative estimate of drug-likeness (QED) is 0.719. The van der Waals surface area contributed by atoms with E-state index in [0.717, 1.165) is 18.7 Å². The molecule has 5 heteroatoms. The number of anilines is 1. The van der Waals surface area contributed by atoms with Crippen LogP contribution in [0.1, 0.15) is 35.1 Å². The van der Waals surface area contributed by atoms with E-state index < -0.39 is 0 Å². The van der Waals surface area contributed by atoms with Crippen LogP contribution in [0.3, 0.4) is 0 Å². The average Bonchev–Trinajstić information content (AvgIpc) is 2.71. The molecule has 1 aromatic heterocycles. The van der Waals surface area contributed by atoms with E-state index in [-0.39, 0.29) is 11.7 Å². The maximum atomic E-state index is 11.5. The van der Waals surface area contributed by atoms with E-state index in [1.807, 2.05) is 0 Å². The second-order valence-corrected chi connectivity index (χ2v) is 4.59. The number of hydrogen-bond acceptors (Lipinski definition) is 4. The molecule has 1 fully saturated rings. The molecule has 0 bridgehead atoms. The fraction of sp³-hybridized carbons (Fsp3) is 0.500. The topological polar surface area (TPSA) is 50.3 Å². The minimum absolute atomic E-state index is 0.0166. The van der Waals surface area contributed by atoms with Gasteiger partial charge >= 0.3 is 0 Å². The second-order valence-electron chi connectivity index (χ2n) is 3.62. The standard InChI is InChI=1S/C10H12N2O2S/c1-6-9(7(2)13)15-10(11-6)12-5-3-4-8(12)14/h3-5H2,1-2H3. The zero-order valence-electron chi connectivity index (χ0n) is 8.74. The van der Waals surface area contributed by atoms with Gasteiger partial charge in [0.15, 0.2) is 10.9 Å². The van der Waals surface area contributed by atoms with Crippen molar-refractivity contribution in [3.63, 3.8) is 0 Å². The smallest absolute Gasteiger partial charge is 0.228 e. The number of carbonyl (C=O) groups excluding carboxylic acids is 2. The summed E-state index contributed by atoms with van der Waals surface area (Å²) in [5.74, 6) is 0.127. The number of rotatable bonds is 2. The van der Waals surface area contributed by atoms with Gasteiger partial charge in [0.25, 0.3) is 0 Å². The van der Waals surface area contributed by atoms with E-state index in [4.69, 9.17) is 0 Å². The van der Waals surface area contributed by atoms with Gasteiger partial charge in [-0.25, -0.2) is 4.98 Å². The number of amides is 1. The first-order chi connectivity index (χ1) is 7.09. The Morgan fingerprint density at radius 2 is 2.27 bits per heavy atom. The summed E-state index contributed by atoms with van der Waals surface area (Å²) in [5.41, 5.74) is 0.724. The van der Waals surface area contributed by atoms with Gasteiger partial charge in [0.2, 0.25) is 5.91 Å². The van der Waals surface area contributed by atoms with E-state index >= 15 is 0 Å². The van der Waals surface area contributed by atoms with Crippen molar-refractivity contribution < 1.29 is 9.59 Å². The molecule has 0 spiro atoms. The number of hydrogen-bond donors (Lipinski definition) is 0. The number of ketones is 1. The van der Waals surface area contributed by atoms with Gasteiger partial charge in [0.05, 0.1) is 10.6 Å². The number of aryl methyl sites for hydroxylation is 1. The van der Waals surface area contributed by atoms with Crippen molar-refractivity contribution in [1.82, 2.24) is 4.98 Å². The van der Waals surface area contributed by atoms with E-state index in [1.165, 1.54) is 18.3 Å². The number of carbonyl (C=O) groups is 2. The third kappa shape index (κ3) is 1.79. The Morgan fingerprint density at radius 3 is 2.73 bits per heavy atom. The fourth-order valence-electron chi connectivity index (χ4n) is 1.67. The molecule has 0 aromatic carbocycles. The molecule has 2 rings (SSSR count). The SMILES string of the molecule is CC(=O)c1sc(N2CCCC2=O)nc1C. The monoisotopic (exact) mass is 224 g/mol. The van der Waals surface area contributed by atoms with E-state index in [9.17, 15) is 9.59 Å². The van der Waals surface area contributed by atoms with Crippen LogP contribution < -0.4 is 4.90 Å². The molecule has 0 atom stereocenters. The summed E-state index contributed by atoms with van der Waals surface area (Å²) in [5, 5.41) is 0.667. The van der Waals surface area contributed by atoms with Gasteiger partial charge in [0.1, 0.15) is 0 Å². The summed E-state index contributed by atoms with van der Waals surface area (Å²) >= 11 is 1.31. The van der Waals surface area contributed by atoms with Crippen molar-refractivity contribution in [2.24, 2.45) is 0 Å². The van der Waals surface area contributed by atoms with Crippen LogP contribution in [-0.4, -0.2) is 23.2 Å². The van der Waals surface area contributed by atoms with Crippen LogP contribution in [0.5, 0.6) is 0 Å². The fourth-order valence-corrected chi connectivity index (χ4v) is 2.68. The Morgan fingerprint density at radius 1 is 1.53 bits per heavy atom. The molecule has 80 valence electrons. The van der Waals surface area contributed by atoms with Gasteiger partial charge in [-0.15, -0.1) is 0 Å². The third-order valence-corrected chi connectivity index (χ3v) is 3.69. The first-order valence-electron chi connectivity index (χ1n) is 4.88. The molecule has 4 nitrogen and oxygen atoms in total. The van der Waals surface area contributed by atoms with E-state index in [0.29, 0.717) is 16.4 Å². The molecule has 0 unspecified atom stereocenters. The average molecular weight is 224 g/mol. The predicted octanol–water partition coefficient (Wildman–Crippen LogP) is 1.78. The molecule has 1 aliphatic heterocycles. The minimum Gasteiger partial charge on any atom is -0.294 e. The van der Waals surface area contributed by atoms with Crippen LogP contribution in [0.2, 0.25) is 0 Å². The zero-order valence-corrected chi connectivity index (χ0v) is 9.56. The zero-order chi connectivity index (χ0) is 11.0. The number of thiazole rings is 1. The molecule has 1 aliphatic rings. The van der Waals surface area contributed by atoms with Gasteiger partial charge in [-0.05, 0) is 13.3 Å². The molecule has 0 N–H and O–H groups in total. The summed E-state index contributed by atoms with van der Waals surface area (Å²) in [6, 6.07) is 0. The summed E-state index contributed by atoms with van der Waals surface area (Å²) in [6.45, 7) is 4.05. The highest BCUT2D eigenvalue weighted by Crippen LogP contribution is 2.29. The van der Waals surface area contributed by atoms with Crippen molar-refractivity contribution in [2.75, 3.05) is 11.4 Å². The van der Waals surface area contributed by atoms with E-state index in [1.54, 1.807) is 11.8 Å². The lowest BCUT2D eigenvalue weighted by Crippen LogP contribution is -2.23. The lowest BCUT2D eigenvalue weighted by molar-refractivity contribution is -0.117. The summed E-state index contributed by atoms with van der Waals surface area (Å²) in [4.78, 5) is 29.3. The number of nitrogens with zero attached hydrogens (tertiary/aromatic N) is 2. The molecular weight excluding hydrogens is 212 g/mol. The highest BCUT2D eigenvalue weighted by atomic mass is 32.1. The lowest BCUT2D eigenvalue weighted by atomic mass is 10.3. The van der Waals surface area contributed by atoms with Gasteiger partial charge < -0.3 is 0 Å². The third-order valence-electron chi connectivity index (χ3n) is 2.41. The van der Waals surface area contributed by atoms with Crippen molar-refractivity contribution in [3.05, 3.63) is 10.6 Å². The van der Waals surface area contributed by atoms with Gasteiger partial charge in [-0.2, -0.15) is 0 Å². The Hall–Kier alpha value is -1.23. The van der Waals surface area contributed by atoms with Crippen LogP contribution in [0.4, 0.5) is 5.13 Å². The molecule has 0 aliphatic carbocycles. The highest BCUT2D eigenvalue weighted by Gasteiger charge is 2.25. The molecule has 1 amide bonds. The normalized spacial score (nSPS) is 16.1. The maximum Gasteiger partial charge on any atom is 0.228 e. The van der Waals surface area contributed by atoms with Crippen molar-refractivity contribution in [2.45, 2.75) is 26.7 Å². The molecular formula is C10H12N2O2S. The largest absolute Gasteiger partial charge is 0.294 e. The van der Waals surface area contributed by atoms with Crippen LogP contribution >= 0.6 is 11.3 Å². The van der Waals surface area contributed by atoms with Crippen LogP contribution in [0.15, 0.2) is 0 Å². The highest BCUT2D eigenvalue weighted by molar-refractivity contribution is 7.17. The Kier molecular flexibility index (Phi) is 2.56. The molecule has 15 heavy (non-hydrogen) atoms.